The number of amides is 2. The van der Waals surface area contributed by atoms with Crippen molar-refractivity contribution in [2.75, 3.05) is 6.54 Å². The third-order valence-corrected chi connectivity index (χ3v) is 3.10. The van der Waals surface area contributed by atoms with Crippen molar-refractivity contribution in [3.8, 4) is 0 Å². The van der Waals surface area contributed by atoms with Crippen molar-refractivity contribution >= 4 is 11.8 Å². The first-order chi connectivity index (χ1) is 8.00. The molecule has 4 heteroatoms. The van der Waals surface area contributed by atoms with Gasteiger partial charge in [-0.3, -0.25) is 14.5 Å². The van der Waals surface area contributed by atoms with Crippen LogP contribution in [0.2, 0.25) is 0 Å². The summed E-state index contributed by atoms with van der Waals surface area (Å²) in [5.74, 6) is -0.326. The highest BCUT2D eigenvalue weighted by molar-refractivity contribution is 5.98. The molecule has 0 bridgehead atoms. The second-order valence-corrected chi connectivity index (χ2v) is 7.33. The van der Waals surface area contributed by atoms with Gasteiger partial charge in [0.15, 0.2) is 0 Å². The molecule has 1 fully saturated rings. The molecule has 0 aliphatic carbocycles. The van der Waals surface area contributed by atoms with Crippen molar-refractivity contribution in [1.82, 2.24) is 4.90 Å². The normalized spacial score (nSPS) is 22.2. The van der Waals surface area contributed by atoms with E-state index in [1.165, 1.54) is 4.90 Å². The van der Waals surface area contributed by atoms with Gasteiger partial charge in [-0.25, -0.2) is 0 Å². The monoisotopic (exact) mass is 255 g/mol. The van der Waals surface area contributed by atoms with E-state index in [2.05, 4.69) is 0 Å². The zero-order valence-corrected chi connectivity index (χ0v) is 12.1. The van der Waals surface area contributed by atoms with Crippen LogP contribution in [0.15, 0.2) is 0 Å². The summed E-state index contributed by atoms with van der Waals surface area (Å²) in [6.07, 6.45) is 0.689. The largest absolute Gasteiger partial charge is 0.391 e. The first kappa shape index (κ1) is 15.2. The standard InChI is InChI=1S/C14H25NO3/c1-13(2,3)6-10(16)9-15-11(17)7-14(4,5)8-12(15)18/h10,16H,6-9H2,1-5H3. The summed E-state index contributed by atoms with van der Waals surface area (Å²) in [6.45, 7) is 10.1. The number of hydrogen-bond acceptors (Lipinski definition) is 3. The number of aliphatic hydroxyl groups excluding tert-OH is 1. The number of piperidine rings is 1. The number of aliphatic hydroxyl groups is 1. The molecule has 104 valence electrons. The van der Waals surface area contributed by atoms with Gasteiger partial charge in [-0.1, -0.05) is 34.6 Å². The maximum absolute atomic E-state index is 11.9. The molecule has 0 aromatic carbocycles. The van der Waals surface area contributed by atoms with Crippen LogP contribution in [0.3, 0.4) is 0 Å². The molecule has 1 unspecified atom stereocenters. The van der Waals surface area contributed by atoms with Crippen molar-refractivity contribution in [2.24, 2.45) is 10.8 Å². The Morgan fingerprint density at radius 2 is 1.67 bits per heavy atom. The van der Waals surface area contributed by atoms with E-state index in [0.717, 1.165) is 0 Å². The average molecular weight is 255 g/mol. The summed E-state index contributed by atoms with van der Waals surface area (Å²) in [5, 5.41) is 9.96. The van der Waals surface area contributed by atoms with Gasteiger partial charge in [0.2, 0.25) is 11.8 Å². The lowest BCUT2D eigenvalue weighted by Crippen LogP contribution is -2.49. The highest BCUT2D eigenvalue weighted by Crippen LogP contribution is 2.32. The lowest BCUT2D eigenvalue weighted by molar-refractivity contribution is -0.154. The Kier molecular flexibility index (Phi) is 4.21. The number of hydrogen-bond donors (Lipinski definition) is 1. The summed E-state index contributed by atoms with van der Waals surface area (Å²) < 4.78 is 0. The van der Waals surface area contributed by atoms with Gasteiger partial charge in [0, 0.05) is 12.8 Å². The maximum Gasteiger partial charge on any atom is 0.229 e. The quantitative estimate of drug-likeness (QED) is 0.784. The van der Waals surface area contributed by atoms with Gasteiger partial charge in [0.25, 0.3) is 0 Å². The van der Waals surface area contributed by atoms with E-state index in [1.54, 1.807) is 0 Å². The number of rotatable bonds is 3. The number of carbonyl (C=O) groups excluding carboxylic acids is 2. The van der Waals surface area contributed by atoms with Crippen molar-refractivity contribution in [3.05, 3.63) is 0 Å². The van der Waals surface area contributed by atoms with E-state index >= 15 is 0 Å². The van der Waals surface area contributed by atoms with Gasteiger partial charge >= 0.3 is 0 Å². The van der Waals surface area contributed by atoms with Crippen molar-refractivity contribution in [3.63, 3.8) is 0 Å². The molecular formula is C14H25NO3. The molecule has 1 aliphatic heterocycles. The summed E-state index contributed by atoms with van der Waals surface area (Å²) in [7, 11) is 0. The van der Waals surface area contributed by atoms with Gasteiger partial charge in [-0.2, -0.15) is 0 Å². The zero-order valence-electron chi connectivity index (χ0n) is 12.1. The second-order valence-electron chi connectivity index (χ2n) is 7.33. The fraction of sp³-hybridized carbons (Fsp3) is 0.857. The van der Waals surface area contributed by atoms with Gasteiger partial charge < -0.3 is 5.11 Å². The zero-order chi connectivity index (χ0) is 14.1. The molecule has 1 N–H and O–H groups in total. The summed E-state index contributed by atoms with van der Waals surface area (Å²) in [5.41, 5.74) is -0.264. The molecule has 0 spiro atoms. The maximum atomic E-state index is 11.9. The number of imide groups is 1. The lowest BCUT2D eigenvalue weighted by atomic mass is 9.81. The molecule has 1 heterocycles. The minimum absolute atomic E-state index is 0.0133. The van der Waals surface area contributed by atoms with Crippen LogP contribution in [0.1, 0.15) is 53.9 Å². The molecule has 4 nitrogen and oxygen atoms in total. The van der Waals surface area contributed by atoms with Gasteiger partial charge in [0.1, 0.15) is 0 Å². The molecule has 1 saturated heterocycles. The SMILES string of the molecule is CC(C)(C)CC(O)CN1C(=O)CC(C)(C)CC1=O. The third-order valence-electron chi connectivity index (χ3n) is 3.10. The van der Waals surface area contributed by atoms with Crippen molar-refractivity contribution in [2.45, 2.75) is 60.0 Å². The Bertz CT molecular complexity index is 321. The highest BCUT2D eigenvalue weighted by Gasteiger charge is 2.38. The molecule has 0 aromatic heterocycles. The molecule has 18 heavy (non-hydrogen) atoms. The molecule has 0 aromatic rings. The Hall–Kier alpha value is -0.900. The van der Waals surface area contributed by atoms with Crippen LogP contribution in [0.5, 0.6) is 0 Å². The molecule has 1 aliphatic rings. The van der Waals surface area contributed by atoms with Crippen molar-refractivity contribution < 1.29 is 14.7 Å². The lowest BCUT2D eigenvalue weighted by Gasteiger charge is -2.36. The molecular weight excluding hydrogens is 230 g/mol. The summed E-state index contributed by atoms with van der Waals surface area (Å²) in [4.78, 5) is 25.1. The van der Waals surface area contributed by atoms with Gasteiger partial charge in [-0.15, -0.1) is 0 Å². The molecule has 1 rings (SSSR count). The van der Waals surface area contributed by atoms with Crippen LogP contribution in [0.4, 0.5) is 0 Å². The van der Waals surface area contributed by atoms with E-state index in [-0.39, 0.29) is 29.2 Å². The van der Waals surface area contributed by atoms with Gasteiger partial charge in [0.05, 0.1) is 12.6 Å². The van der Waals surface area contributed by atoms with E-state index in [1.807, 2.05) is 34.6 Å². The molecule has 0 radical (unpaired) electrons. The average Bonchev–Trinajstić information content (AvgIpc) is 2.06. The van der Waals surface area contributed by atoms with Gasteiger partial charge in [-0.05, 0) is 17.3 Å². The first-order valence-electron chi connectivity index (χ1n) is 6.51. The predicted molar refractivity (Wildman–Crippen MR) is 69.8 cm³/mol. The van der Waals surface area contributed by atoms with E-state index < -0.39 is 6.10 Å². The predicted octanol–water partition coefficient (Wildman–Crippen LogP) is 1.96. The Morgan fingerprint density at radius 1 is 1.22 bits per heavy atom. The topological polar surface area (TPSA) is 57.6 Å². The smallest absolute Gasteiger partial charge is 0.229 e. The first-order valence-corrected chi connectivity index (χ1v) is 6.51. The van der Waals surface area contributed by atoms with Crippen molar-refractivity contribution in [1.29, 1.82) is 0 Å². The Morgan fingerprint density at radius 3 is 2.06 bits per heavy atom. The Balaban J connectivity index is 2.62. The molecule has 0 saturated carbocycles. The fourth-order valence-electron chi connectivity index (χ4n) is 2.40. The minimum Gasteiger partial charge on any atom is -0.391 e. The summed E-state index contributed by atoms with van der Waals surface area (Å²) in [6, 6.07) is 0. The van der Waals surface area contributed by atoms with Crippen LogP contribution in [-0.2, 0) is 9.59 Å². The number of nitrogens with zero attached hydrogens (tertiary/aromatic N) is 1. The number of carbonyl (C=O) groups is 2. The second kappa shape index (κ2) is 5.00. The minimum atomic E-state index is -0.640. The van der Waals surface area contributed by atoms with E-state index in [0.29, 0.717) is 19.3 Å². The molecule has 1 atom stereocenters. The van der Waals surface area contributed by atoms with E-state index in [9.17, 15) is 14.7 Å². The Labute approximate surface area is 109 Å². The molecule has 2 amide bonds. The number of β-amino-alcohol motifs (C(OH)–C–C–N with tert-alkyl or cyclic N) is 1. The fourth-order valence-corrected chi connectivity index (χ4v) is 2.40. The van der Waals surface area contributed by atoms with Crippen LogP contribution in [0.25, 0.3) is 0 Å². The number of likely N-dealkylation sites (tertiary alicyclic amines) is 1. The van der Waals surface area contributed by atoms with E-state index in [4.69, 9.17) is 0 Å². The van der Waals surface area contributed by atoms with Crippen LogP contribution in [0, 0.1) is 10.8 Å². The van der Waals surface area contributed by atoms with Crippen LogP contribution in [-0.4, -0.2) is 34.5 Å². The summed E-state index contributed by atoms with van der Waals surface area (Å²) >= 11 is 0. The highest BCUT2D eigenvalue weighted by atomic mass is 16.3. The van der Waals surface area contributed by atoms with Crippen LogP contribution >= 0.6 is 0 Å². The third kappa shape index (κ3) is 4.41. The van der Waals surface area contributed by atoms with Crippen LogP contribution < -0.4 is 0 Å².